The lowest BCUT2D eigenvalue weighted by atomic mass is 9.82. The van der Waals surface area contributed by atoms with Gasteiger partial charge in [0.05, 0.1) is 52.0 Å². The molecule has 0 saturated carbocycles. The Morgan fingerprint density at radius 1 is 0.649 bits per heavy atom. The summed E-state index contributed by atoms with van der Waals surface area (Å²) < 4.78 is 50.2. The highest BCUT2D eigenvalue weighted by atomic mass is 35.5. The van der Waals surface area contributed by atoms with Gasteiger partial charge in [0.15, 0.2) is 0 Å². The molecule has 0 atom stereocenters. The monoisotopic (exact) mass is 1080 g/mol. The van der Waals surface area contributed by atoms with Crippen molar-refractivity contribution in [2.45, 2.75) is 77.0 Å². The highest BCUT2D eigenvalue weighted by molar-refractivity contribution is 6.31. The van der Waals surface area contributed by atoms with Crippen LogP contribution in [0.15, 0.2) is 47.6 Å². The number of fused-ring (bicyclic) bond motifs is 4. The number of anilines is 3. The minimum Gasteiger partial charge on any atom is -0.493 e. The van der Waals surface area contributed by atoms with E-state index in [0.717, 1.165) is 130 Å². The molecule has 0 spiro atoms. The van der Waals surface area contributed by atoms with Gasteiger partial charge >= 0.3 is 23.9 Å². The molecule has 0 fully saturated rings. The Kier molecular flexibility index (Phi) is 17.8. The normalized spacial score (nSPS) is 14.5. The van der Waals surface area contributed by atoms with Crippen molar-refractivity contribution in [1.29, 1.82) is 0 Å². The maximum Gasteiger partial charge on any atom is 0.325 e. The van der Waals surface area contributed by atoms with E-state index in [1.54, 1.807) is 23.1 Å². The van der Waals surface area contributed by atoms with Gasteiger partial charge in [-0.1, -0.05) is 29.6 Å². The average Bonchev–Trinajstić information content (AvgIpc) is 3.61. The number of methoxy groups -OCH3 is 4. The molecule has 0 aromatic heterocycles. The molecule has 4 aromatic carbocycles. The van der Waals surface area contributed by atoms with Crippen molar-refractivity contribution in [3.63, 3.8) is 0 Å². The van der Waals surface area contributed by atoms with Crippen LogP contribution in [-0.2, 0) is 63.8 Å². The third kappa shape index (κ3) is 12.1. The fourth-order valence-electron chi connectivity index (χ4n) is 11.4. The summed E-state index contributed by atoms with van der Waals surface area (Å²) in [5, 5.41) is 6.28. The molecule has 0 radical (unpaired) electrons. The number of azide groups is 1. The Hall–Kier alpha value is -7.37. The van der Waals surface area contributed by atoms with Crippen molar-refractivity contribution in [3.05, 3.63) is 102 Å². The quantitative estimate of drug-likeness (QED) is 0.0119. The lowest BCUT2D eigenvalue weighted by Gasteiger charge is -2.39. The SMILES string of the molecule is COC(=O)CN(CC(=O)OC)c1cc(Cl)ccc1OCCOc1cc(OCCCCCCN=[N+]=[N-])c(C2=c3cc4c5c(c3Oc3c2cc2c6c3CCCN6CCC2)CCC[N+]=5CCC4)cc1N(CC(=O)OC)CC(=O)OC. The van der Waals surface area contributed by atoms with Crippen molar-refractivity contribution in [3.8, 4) is 28.7 Å². The van der Waals surface area contributed by atoms with E-state index in [2.05, 4.69) is 31.6 Å². The summed E-state index contributed by atoms with van der Waals surface area (Å²) in [6.07, 6.45) is 10.8. The van der Waals surface area contributed by atoms with Gasteiger partial charge < -0.3 is 52.6 Å². The highest BCUT2D eigenvalue weighted by Crippen LogP contribution is 2.51. The number of hydrogen-bond donors (Lipinski definition) is 0. The van der Waals surface area contributed by atoms with E-state index < -0.39 is 23.9 Å². The lowest BCUT2D eigenvalue weighted by molar-refractivity contribution is -0.141. The van der Waals surface area contributed by atoms with Crippen molar-refractivity contribution in [1.82, 2.24) is 4.58 Å². The van der Waals surface area contributed by atoms with E-state index >= 15 is 0 Å². The highest BCUT2D eigenvalue weighted by Gasteiger charge is 2.37. The van der Waals surface area contributed by atoms with E-state index in [1.165, 1.54) is 66.6 Å². The van der Waals surface area contributed by atoms with Gasteiger partial charge in [-0.15, -0.1) is 0 Å². The molecule has 19 nitrogen and oxygen atoms in total. The van der Waals surface area contributed by atoms with Crippen LogP contribution >= 0.6 is 11.6 Å². The summed E-state index contributed by atoms with van der Waals surface area (Å²) in [5.74, 6) is 0.419. The zero-order valence-corrected chi connectivity index (χ0v) is 45.2. The molecule has 5 heterocycles. The predicted molar refractivity (Wildman–Crippen MR) is 290 cm³/mol. The van der Waals surface area contributed by atoms with E-state index in [1.807, 2.05) is 12.1 Å². The molecule has 0 bridgehead atoms. The van der Waals surface area contributed by atoms with Crippen molar-refractivity contribution < 1.29 is 57.1 Å². The van der Waals surface area contributed by atoms with E-state index in [9.17, 15) is 19.2 Å². The average molecular weight is 1080 g/mol. The molecular weight excluding hydrogens is 1010 g/mol. The summed E-state index contributed by atoms with van der Waals surface area (Å²) >= 11 is 6.46. The molecule has 20 heteroatoms. The van der Waals surface area contributed by atoms with Gasteiger partial charge in [0.2, 0.25) is 5.36 Å². The number of carbonyl (C=O) groups excluding carboxylic acids is 4. The van der Waals surface area contributed by atoms with Crippen molar-refractivity contribution in [2.75, 3.05) is 122 Å². The molecule has 0 unspecified atom stereocenters. The second kappa shape index (κ2) is 25.2. The zero-order chi connectivity index (χ0) is 54.0. The number of nitrogens with zero attached hydrogens (tertiary/aromatic N) is 7. The second-order valence-corrected chi connectivity index (χ2v) is 20.1. The van der Waals surface area contributed by atoms with Gasteiger partial charge in [-0.3, -0.25) is 19.2 Å². The van der Waals surface area contributed by atoms with Crippen molar-refractivity contribution in [2.24, 2.45) is 5.11 Å². The number of unbranched alkanes of at least 4 members (excludes halogenated alkanes) is 3. The number of benzene rings is 4. The Balaban J connectivity index is 1.21. The summed E-state index contributed by atoms with van der Waals surface area (Å²) in [6, 6.07) is 13.2. The first kappa shape index (κ1) is 54.4. The van der Waals surface area contributed by atoms with Gasteiger partial charge in [0.25, 0.3) is 0 Å². The number of ether oxygens (including phenoxy) is 8. The minimum atomic E-state index is -0.599. The topological polar surface area (TPSA) is 204 Å². The maximum absolute atomic E-state index is 13.4. The van der Waals surface area contributed by atoms with E-state index in [4.69, 9.17) is 55.0 Å². The fraction of sp³-hybridized carbons (Fsp3) is 0.491. The van der Waals surface area contributed by atoms with Gasteiger partial charge in [0, 0.05) is 87.2 Å². The smallest absolute Gasteiger partial charge is 0.325 e. The molecular formula is C57H67ClN7O12+. The first-order valence-electron chi connectivity index (χ1n) is 26.6. The molecule has 5 aliphatic heterocycles. The van der Waals surface area contributed by atoms with Gasteiger partial charge in [-0.25, -0.2) is 4.58 Å². The molecule has 4 aromatic rings. The molecule has 0 aliphatic carbocycles. The van der Waals surface area contributed by atoms with Gasteiger partial charge in [0.1, 0.15) is 81.2 Å². The molecule has 9 rings (SSSR count). The lowest BCUT2D eigenvalue weighted by Crippen LogP contribution is -2.45. The third-order valence-corrected chi connectivity index (χ3v) is 15.1. The Bertz CT molecular complexity index is 3060. The van der Waals surface area contributed by atoms with Crippen LogP contribution in [0, 0.1) is 0 Å². The molecule has 0 N–H and O–H groups in total. The van der Waals surface area contributed by atoms with Crippen LogP contribution in [0.3, 0.4) is 0 Å². The Morgan fingerprint density at radius 3 is 1.92 bits per heavy atom. The number of hydrogen-bond acceptors (Lipinski definition) is 16. The fourth-order valence-corrected chi connectivity index (χ4v) is 11.6. The van der Waals surface area contributed by atoms with Crippen LogP contribution in [0.5, 0.6) is 28.7 Å². The first-order chi connectivity index (χ1) is 37.5. The summed E-state index contributed by atoms with van der Waals surface area (Å²) in [5.41, 5.74) is 18.5. The first-order valence-corrected chi connectivity index (χ1v) is 27.0. The number of carbonyl (C=O) groups is 4. The number of halogens is 1. The van der Waals surface area contributed by atoms with Crippen molar-refractivity contribution >= 4 is 58.1 Å². The minimum absolute atomic E-state index is 0.0502. The summed E-state index contributed by atoms with van der Waals surface area (Å²) in [7, 11) is 5.09. The third-order valence-electron chi connectivity index (χ3n) is 14.9. The van der Waals surface area contributed by atoms with Crippen LogP contribution in [0.2, 0.25) is 5.02 Å². The largest absolute Gasteiger partial charge is 0.493 e. The molecule has 5 aliphatic rings. The Labute approximate surface area is 452 Å². The van der Waals surface area contributed by atoms with Crippen LogP contribution in [0.4, 0.5) is 17.1 Å². The predicted octanol–water partition coefficient (Wildman–Crippen LogP) is 6.79. The maximum atomic E-state index is 13.4. The van der Waals surface area contributed by atoms with Crippen LogP contribution < -0.4 is 48.8 Å². The summed E-state index contributed by atoms with van der Waals surface area (Å²) in [4.78, 5) is 60.4. The standard InChI is InChI=1S/C57H67ClN7O12/c1-70-49(66)32-64(33-50(67)71-2)44-29-38(58)17-18-46(44)75-25-26-76-48-31-47(74-24-8-6-5-7-19-60-61-59)41(30-45(48)65(34-51(68)72-3)35-52(69)73-4)53-42-27-36-13-9-20-62-22-11-15-39(54(36)62)56(42)77-57-40-16-12-23-63-21-10-14-37(55(40)63)28-43(53)57/h17-18,27-31H,5-16,19-26,32-35H2,1-4H3/q+1. The Morgan fingerprint density at radius 2 is 1.25 bits per heavy atom. The molecule has 77 heavy (non-hydrogen) atoms. The molecule has 408 valence electrons. The van der Waals surface area contributed by atoms with E-state index in [-0.39, 0.29) is 45.1 Å². The zero-order valence-electron chi connectivity index (χ0n) is 44.4. The van der Waals surface area contributed by atoms with Gasteiger partial charge in [-0.2, -0.15) is 0 Å². The number of esters is 4. The second-order valence-electron chi connectivity index (χ2n) is 19.7. The van der Waals surface area contributed by atoms with Crippen LogP contribution in [-0.4, -0.2) is 131 Å². The molecule has 0 saturated heterocycles. The van der Waals surface area contributed by atoms with E-state index in [0.29, 0.717) is 47.5 Å². The molecule has 0 amide bonds. The number of aryl methyl sites for hydroxylation is 2. The van der Waals surface area contributed by atoms with Crippen LogP contribution in [0.25, 0.3) is 16.0 Å². The van der Waals surface area contributed by atoms with Gasteiger partial charge in [-0.05, 0) is 98.9 Å². The summed E-state index contributed by atoms with van der Waals surface area (Å²) in [6.45, 7) is 3.40. The number of rotatable bonds is 24. The van der Waals surface area contributed by atoms with Crippen LogP contribution in [0.1, 0.15) is 84.7 Å².